The maximum absolute atomic E-state index is 7.22. The smallest absolute Gasteiger partial charge is 0.159 e. The SMILES string of the molecule is CC1(C)c2ccccc2-c2ccc(N(c3ccc(-c4cccc5c4sc4ccccc45)cc3)c3cccc4c3oc3c(-c5ccccc5)c5ccccc5cc34)cc21. The minimum absolute atomic E-state index is 0.142. The van der Waals surface area contributed by atoms with Crippen molar-refractivity contribution in [1.82, 2.24) is 0 Å². The maximum Gasteiger partial charge on any atom is 0.159 e. The van der Waals surface area contributed by atoms with Crippen molar-refractivity contribution < 1.29 is 4.42 Å². The van der Waals surface area contributed by atoms with Crippen molar-refractivity contribution in [2.75, 3.05) is 4.90 Å². The van der Waals surface area contributed by atoms with E-state index in [1.807, 2.05) is 11.3 Å². The highest BCUT2D eigenvalue weighted by Crippen LogP contribution is 2.52. The van der Waals surface area contributed by atoms with Crippen molar-refractivity contribution in [2.24, 2.45) is 0 Å². The molecule has 1 aliphatic rings. The Kier molecular flexibility index (Phi) is 7.18. The average molecular weight is 760 g/mol. The molecule has 0 saturated carbocycles. The largest absolute Gasteiger partial charge is 0.453 e. The highest BCUT2D eigenvalue weighted by atomic mass is 32.1. The minimum atomic E-state index is -0.142. The van der Waals surface area contributed by atoms with Crippen LogP contribution in [0.2, 0.25) is 0 Å². The molecule has 1 aliphatic carbocycles. The number of benzene rings is 9. The third kappa shape index (κ3) is 4.84. The molecular weight excluding hydrogens is 723 g/mol. The normalized spacial score (nSPS) is 13.1. The molecule has 0 N–H and O–H groups in total. The van der Waals surface area contributed by atoms with Crippen LogP contribution in [0, 0.1) is 0 Å². The zero-order valence-electron chi connectivity index (χ0n) is 32.2. The van der Waals surface area contributed by atoms with Gasteiger partial charge in [0, 0.05) is 53.3 Å². The van der Waals surface area contributed by atoms with Crippen molar-refractivity contribution in [3.05, 3.63) is 199 Å². The third-order valence-corrected chi connectivity index (χ3v) is 13.7. The van der Waals surface area contributed by atoms with Crippen molar-refractivity contribution >= 4 is 81.3 Å². The quantitative estimate of drug-likeness (QED) is 0.174. The molecule has 2 nitrogen and oxygen atoms in total. The zero-order chi connectivity index (χ0) is 38.5. The van der Waals surface area contributed by atoms with E-state index in [9.17, 15) is 0 Å². The second-order valence-electron chi connectivity index (χ2n) is 16.0. The van der Waals surface area contributed by atoms with Gasteiger partial charge in [0.05, 0.1) is 5.69 Å². The Balaban J connectivity index is 1.09. The average Bonchev–Trinajstić information content (AvgIpc) is 3.91. The molecule has 0 saturated heterocycles. The molecular formula is C55H37NOS. The van der Waals surface area contributed by atoms with Gasteiger partial charge in [0.1, 0.15) is 5.58 Å². The lowest BCUT2D eigenvalue weighted by atomic mass is 9.82. The molecule has 2 aromatic heterocycles. The van der Waals surface area contributed by atoms with Gasteiger partial charge in [-0.2, -0.15) is 0 Å². The van der Waals surface area contributed by atoms with Crippen LogP contribution in [0.3, 0.4) is 0 Å². The molecule has 0 amide bonds. The van der Waals surface area contributed by atoms with Gasteiger partial charge in [-0.3, -0.25) is 0 Å². The summed E-state index contributed by atoms with van der Waals surface area (Å²) < 4.78 is 9.85. The van der Waals surface area contributed by atoms with E-state index in [1.165, 1.54) is 64.3 Å². The summed E-state index contributed by atoms with van der Waals surface area (Å²) in [5, 5.41) is 7.22. The molecule has 0 radical (unpaired) electrons. The van der Waals surface area contributed by atoms with Crippen LogP contribution in [0.4, 0.5) is 17.1 Å². The van der Waals surface area contributed by atoms with E-state index in [1.54, 1.807) is 0 Å². The topological polar surface area (TPSA) is 16.4 Å². The number of thiophene rings is 1. The Bertz CT molecular complexity index is 3420. The van der Waals surface area contributed by atoms with Crippen LogP contribution in [-0.4, -0.2) is 0 Å². The van der Waals surface area contributed by atoms with E-state index in [0.29, 0.717) is 0 Å². The maximum atomic E-state index is 7.22. The van der Waals surface area contributed by atoms with Crippen LogP contribution in [0.1, 0.15) is 25.0 Å². The van der Waals surface area contributed by atoms with Crippen molar-refractivity contribution in [3.8, 4) is 33.4 Å². The van der Waals surface area contributed by atoms with Crippen molar-refractivity contribution in [3.63, 3.8) is 0 Å². The predicted octanol–water partition coefficient (Wildman–Crippen LogP) is 16.2. The monoisotopic (exact) mass is 759 g/mol. The van der Waals surface area contributed by atoms with E-state index in [2.05, 4.69) is 207 Å². The fraction of sp³-hybridized carbons (Fsp3) is 0.0545. The molecule has 0 fully saturated rings. The number of para-hydroxylation sites is 1. The standard InChI is InChI=1S/C55H37NOS/c1-55(2)47-23-10-8-18-41(47)42-31-30-38(33-48(42)55)56(37-28-26-34(27-29-37)40-20-12-22-45-43-19-9-11-25-50(43)58-54(40)45)49-24-13-21-44-46-32-36-16-6-7-17-39(36)51(53(46)57-52(44)49)35-14-4-3-5-15-35/h3-33H,1-2H3. The van der Waals surface area contributed by atoms with Gasteiger partial charge in [-0.1, -0.05) is 159 Å². The first-order chi connectivity index (χ1) is 28.5. The van der Waals surface area contributed by atoms with Gasteiger partial charge < -0.3 is 9.32 Å². The summed E-state index contributed by atoms with van der Waals surface area (Å²) in [6.45, 7) is 4.70. The van der Waals surface area contributed by atoms with Crippen LogP contribution < -0.4 is 4.90 Å². The number of rotatable bonds is 5. The summed E-state index contributed by atoms with van der Waals surface area (Å²) in [5.41, 5.74) is 14.9. The van der Waals surface area contributed by atoms with Gasteiger partial charge >= 0.3 is 0 Å². The molecule has 12 rings (SSSR count). The zero-order valence-corrected chi connectivity index (χ0v) is 33.0. The molecule has 0 atom stereocenters. The summed E-state index contributed by atoms with van der Waals surface area (Å²) in [5.74, 6) is 0. The molecule has 0 aliphatic heterocycles. The van der Waals surface area contributed by atoms with Crippen molar-refractivity contribution in [2.45, 2.75) is 19.3 Å². The summed E-state index contributed by atoms with van der Waals surface area (Å²) >= 11 is 1.87. The fourth-order valence-corrected chi connectivity index (χ4v) is 10.9. The van der Waals surface area contributed by atoms with Gasteiger partial charge in [0.15, 0.2) is 5.58 Å². The first-order valence-corrected chi connectivity index (χ1v) is 20.8. The molecule has 0 unspecified atom stereocenters. The molecule has 0 bridgehead atoms. The predicted molar refractivity (Wildman–Crippen MR) is 247 cm³/mol. The molecule has 58 heavy (non-hydrogen) atoms. The fourth-order valence-electron chi connectivity index (χ4n) is 9.67. The molecule has 274 valence electrons. The van der Waals surface area contributed by atoms with Gasteiger partial charge in [-0.05, 0) is 92.2 Å². The highest BCUT2D eigenvalue weighted by molar-refractivity contribution is 7.26. The summed E-state index contributed by atoms with van der Waals surface area (Å²) in [4.78, 5) is 2.40. The number of anilines is 3. The van der Waals surface area contributed by atoms with Gasteiger partial charge in [0.2, 0.25) is 0 Å². The summed E-state index contributed by atoms with van der Waals surface area (Å²) in [7, 11) is 0. The Morgan fingerprint density at radius 1 is 0.448 bits per heavy atom. The summed E-state index contributed by atoms with van der Waals surface area (Å²) in [6, 6.07) is 68.7. The second kappa shape index (κ2) is 12.5. The second-order valence-corrected chi connectivity index (χ2v) is 17.1. The molecule has 11 aromatic rings. The molecule has 3 heteroatoms. The van der Waals surface area contributed by atoms with Gasteiger partial charge in [-0.25, -0.2) is 0 Å². The van der Waals surface area contributed by atoms with Gasteiger partial charge in [0.25, 0.3) is 0 Å². The minimum Gasteiger partial charge on any atom is -0.453 e. The molecule has 2 heterocycles. The van der Waals surface area contributed by atoms with E-state index in [-0.39, 0.29) is 5.41 Å². The van der Waals surface area contributed by atoms with Crippen LogP contribution in [0.15, 0.2) is 192 Å². The van der Waals surface area contributed by atoms with Crippen LogP contribution >= 0.6 is 11.3 Å². The number of hydrogen-bond acceptors (Lipinski definition) is 3. The Labute approximate surface area is 340 Å². The summed E-state index contributed by atoms with van der Waals surface area (Å²) in [6.07, 6.45) is 0. The van der Waals surface area contributed by atoms with Gasteiger partial charge in [-0.15, -0.1) is 11.3 Å². The number of furan rings is 1. The van der Waals surface area contributed by atoms with Crippen molar-refractivity contribution in [1.29, 1.82) is 0 Å². The Hall–Kier alpha value is -6.94. The first-order valence-electron chi connectivity index (χ1n) is 20.0. The van der Waals surface area contributed by atoms with E-state index in [0.717, 1.165) is 50.1 Å². The van der Waals surface area contributed by atoms with E-state index in [4.69, 9.17) is 4.42 Å². The number of hydrogen-bond donors (Lipinski definition) is 0. The van der Waals surface area contributed by atoms with E-state index >= 15 is 0 Å². The number of fused-ring (bicyclic) bond motifs is 10. The first kappa shape index (κ1) is 33.2. The van der Waals surface area contributed by atoms with E-state index < -0.39 is 0 Å². The van der Waals surface area contributed by atoms with Crippen LogP contribution in [0.5, 0.6) is 0 Å². The lowest BCUT2D eigenvalue weighted by molar-refractivity contribution is 0.660. The Morgan fingerprint density at radius 3 is 2.00 bits per heavy atom. The molecule has 0 spiro atoms. The number of nitrogens with zero attached hydrogens (tertiary/aromatic N) is 1. The Morgan fingerprint density at radius 2 is 1.12 bits per heavy atom. The molecule has 9 aromatic carbocycles. The lowest BCUT2D eigenvalue weighted by Gasteiger charge is -2.28. The highest BCUT2D eigenvalue weighted by Gasteiger charge is 2.36. The van der Waals surface area contributed by atoms with Crippen LogP contribution in [0.25, 0.3) is 86.3 Å². The van der Waals surface area contributed by atoms with Crippen LogP contribution in [-0.2, 0) is 5.41 Å². The lowest BCUT2D eigenvalue weighted by Crippen LogP contribution is -2.16. The third-order valence-electron chi connectivity index (χ3n) is 12.5.